The lowest BCUT2D eigenvalue weighted by atomic mass is 10.0. The number of rotatable bonds is 10. The Kier molecular flexibility index (Phi) is 7.77. The van der Waals surface area contributed by atoms with Crippen LogP contribution in [-0.4, -0.2) is 29.2 Å². The van der Waals surface area contributed by atoms with E-state index in [2.05, 4.69) is 26.2 Å². The van der Waals surface area contributed by atoms with E-state index in [1.807, 2.05) is 66.9 Å². The highest BCUT2D eigenvalue weighted by molar-refractivity contribution is 9.10. The maximum atomic E-state index is 11.9. The number of aromatic amines is 1. The maximum absolute atomic E-state index is 11.9. The Morgan fingerprint density at radius 2 is 1.91 bits per heavy atom. The van der Waals surface area contributed by atoms with Crippen LogP contribution >= 0.6 is 27.5 Å². The smallest absolute Gasteiger partial charge is 0.321 e. The average Bonchev–Trinajstić information content (AvgIpc) is 3.24. The fourth-order valence-corrected chi connectivity index (χ4v) is 4.58. The number of carboxylic acid groups (broad SMARTS) is 1. The molecule has 0 aliphatic carbocycles. The minimum Gasteiger partial charge on any atom is -0.493 e. The molecule has 1 heterocycles. The molecular weight excluding hydrogens is 520 g/mol. The van der Waals surface area contributed by atoms with Crippen molar-refractivity contribution < 1.29 is 19.4 Å². The van der Waals surface area contributed by atoms with Gasteiger partial charge < -0.3 is 24.9 Å². The average molecular weight is 544 g/mol. The van der Waals surface area contributed by atoms with Crippen LogP contribution in [0.2, 0.25) is 5.02 Å². The first kappa shape index (κ1) is 24.1. The highest BCUT2D eigenvalue weighted by Crippen LogP contribution is 2.37. The van der Waals surface area contributed by atoms with Gasteiger partial charge >= 0.3 is 5.97 Å². The van der Waals surface area contributed by atoms with Gasteiger partial charge in [0.2, 0.25) is 0 Å². The number of H-pyrrole nitrogens is 1. The lowest BCUT2D eigenvalue weighted by molar-refractivity contribution is -0.139. The number of aliphatic carboxylic acids is 1. The molecule has 4 rings (SSSR count). The van der Waals surface area contributed by atoms with Gasteiger partial charge in [0.25, 0.3) is 0 Å². The summed E-state index contributed by atoms with van der Waals surface area (Å²) in [6, 6.07) is 18.3. The first-order chi connectivity index (χ1) is 16.5. The van der Waals surface area contributed by atoms with Gasteiger partial charge in [0.15, 0.2) is 11.5 Å². The molecule has 0 fully saturated rings. The summed E-state index contributed by atoms with van der Waals surface area (Å²) in [4.78, 5) is 15.1. The van der Waals surface area contributed by atoms with Crippen LogP contribution in [0.5, 0.6) is 11.5 Å². The number of fused-ring (bicyclic) bond motifs is 1. The molecule has 0 spiro atoms. The molecule has 0 saturated heterocycles. The Balaban J connectivity index is 1.46. The summed E-state index contributed by atoms with van der Waals surface area (Å²) >= 11 is 9.78. The van der Waals surface area contributed by atoms with Crippen LogP contribution < -0.4 is 14.8 Å². The van der Waals surface area contributed by atoms with Crippen molar-refractivity contribution in [2.24, 2.45) is 0 Å². The Hall–Kier alpha value is -3.00. The molecule has 0 unspecified atom stereocenters. The van der Waals surface area contributed by atoms with Crippen molar-refractivity contribution in [2.75, 3.05) is 7.11 Å². The van der Waals surface area contributed by atoms with E-state index >= 15 is 0 Å². The highest BCUT2D eigenvalue weighted by atomic mass is 79.9. The normalized spacial score (nSPS) is 12.0. The molecule has 0 bridgehead atoms. The maximum Gasteiger partial charge on any atom is 0.321 e. The molecule has 3 aromatic carbocycles. The number of benzene rings is 3. The van der Waals surface area contributed by atoms with Crippen molar-refractivity contribution in [3.8, 4) is 11.5 Å². The molecule has 34 heavy (non-hydrogen) atoms. The van der Waals surface area contributed by atoms with E-state index in [1.54, 1.807) is 7.11 Å². The monoisotopic (exact) mass is 542 g/mol. The third-order valence-corrected chi connectivity index (χ3v) is 6.53. The molecule has 4 aromatic rings. The number of carbonyl (C=O) groups is 1. The van der Waals surface area contributed by atoms with Crippen molar-refractivity contribution in [1.29, 1.82) is 0 Å². The van der Waals surface area contributed by atoms with Crippen molar-refractivity contribution >= 4 is 44.4 Å². The fourth-order valence-electron chi connectivity index (χ4n) is 3.79. The third kappa shape index (κ3) is 5.55. The van der Waals surface area contributed by atoms with Crippen LogP contribution in [0.1, 0.15) is 16.7 Å². The van der Waals surface area contributed by atoms with Gasteiger partial charge in [-0.05, 0) is 51.3 Å². The summed E-state index contributed by atoms with van der Waals surface area (Å²) in [5.41, 5.74) is 3.67. The van der Waals surface area contributed by atoms with Gasteiger partial charge in [-0.3, -0.25) is 4.79 Å². The molecule has 0 aliphatic heterocycles. The number of hydrogen-bond acceptors (Lipinski definition) is 4. The molecule has 0 amide bonds. The van der Waals surface area contributed by atoms with Gasteiger partial charge in [-0.2, -0.15) is 0 Å². The van der Waals surface area contributed by atoms with Crippen LogP contribution in [0.15, 0.2) is 71.3 Å². The molecule has 1 aromatic heterocycles. The molecule has 1 atom stereocenters. The summed E-state index contributed by atoms with van der Waals surface area (Å²) in [6.45, 7) is 0.636. The number of para-hydroxylation sites is 1. The number of nitrogens with one attached hydrogen (secondary N) is 2. The highest BCUT2D eigenvalue weighted by Gasteiger charge is 2.20. The number of halogens is 2. The predicted molar refractivity (Wildman–Crippen MR) is 137 cm³/mol. The fraction of sp³-hybridized carbons (Fsp3) is 0.192. The second-order valence-electron chi connectivity index (χ2n) is 7.82. The zero-order valence-electron chi connectivity index (χ0n) is 18.5. The number of carboxylic acids is 1. The van der Waals surface area contributed by atoms with Gasteiger partial charge in [0, 0.05) is 40.7 Å². The van der Waals surface area contributed by atoms with Crippen LogP contribution in [0.4, 0.5) is 0 Å². The first-order valence-electron chi connectivity index (χ1n) is 10.7. The second-order valence-corrected chi connectivity index (χ2v) is 9.09. The third-order valence-electron chi connectivity index (χ3n) is 5.57. The van der Waals surface area contributed by atoms with Crippen LogP contribution in [0, 0.1) is 0 Å². The van der Waals surface area contributed by atoms with Gasteiger partial charge in [-0.1, -0.05) is 48.0 Å². The molecular formula is C26H24BrClN2O4. The minimum absolute atomic E-state index is 0.290. The van der Waals surface area contributed by atoms with E-state index < -0.39 is 12.0 Å². The van der Waals surface area contributed by atoms with E-state index in [-0.39, 0.29) is 6.61 Å². The van der Waals surface area contributed by atoms with Gasteiger partial charge in [0.1, 0.15) is 12.6 Å². The topological polar surface area (TPSA) is 83.6 Å². The van der Waals surface area contributed by atoms with Crippen LogP contribution in [0.3, 0.4) is 0 Å². The van der Waals surface area contributed by atoms with Crippen LogP contribution in [0.25, 0.3) is 10.9 Å². The Labute approximate surface area is 211 Å². The predicted octanol–water partition coefficient (Wildman–Crippen LogP) is 5.96. The molecule has 176 valence electrons. The largest absolute Gasteiger partial charge is 0.493 e. The quantitative estimate of drug-likeness (QED) is 0.230. The number of hydrogen-bond donors (Lipinski definition) is 3. The number of ether oxygens (including phenoxy) is 2. The van der Waals surface area contributed by atoms with Crippen molar-refractivity contribution in [2.45, 2.75) is 25.6 Å². The lowest BCUT2D eigenvalue weighted by Gasteiger charge is -2.17. The SMILES string of the molecule is COc1cc(CN[C@H](Cc2c[nH]c3ccccc23)C(=O)O)cc(Br)c1OCc1ccccc1Cl. The molecule has 8 heteroatoms. The molecule has 6 nitrogen and oxygen atoms in total. The van der Waals surface area contributed by atoms with E-state index in [1.165, 1.54) is 0 Å². The summed E-state index contributed by atoms with van der Waals surface area (Å²) in [5, 5.41) is 14.6. The van der Waals surface area contributed by atoms with E-state index in [9.17, 15) is 9.90 Å². The molecule has 0 saturated carbocycles. The van der Waals surface area contributed by atoms with E-state index in [4.69, 9.17) is 21.1 Å². The Morgan fingerprint density at radius 3 is 2.68 bits per heavy atom. The summed E-state index contributed by atoms with van der Waals surface area (Å²) in [6.07, 6.45) is 2.23. The van der Waals surface area contributed by atoms with Crippen molar-refractivity contribution in [3.05, 3.63) is 93.0 Å². The van der Waals surface area contributed by atoms with E-state index in [0.717, 1.165) is 27.6 Å². The summed E-state index contributed by atoms with van der Waals surface area (Å²) in [7, 11) is 1.57. The number of methoxy groups -OCH3 is 1. The van der Waals surface area contributed by atoms with Gasteiger partial charge in [0.05, 0.1) is 11.6 Å². The minimum atomic E-state index is -0.906. The first-order valence-corrected chi connectivity index (χ1v) is 11.9. The van der Waals surface area contributed by atoms with Crippen molar-refractivity contribution in [3.63, 3.8) is 0 Å². The van der Waals surface area contributed by atoms with E-state index in [0.29, 0.717) is 34.0 Å². The zero-order valence-corrected chi connectivity index (χ0v) is 20.8. The summed E-state index contributed by atoms with van der Waals surface area (Å²) < 4.78 is 12.2. The zero-order chi connectivity index (χ0) is 24.1. The second kappa shape index (κ2) is 11.0. The summed E-state index contributed by atoms with van der Waals surface area (Å²) in [5.74, 6) is 0.192. The van der Waals surface area contributed by atoms with Gasteiger partial charge in [-0.15, -0.1) is 0 Å². The Morgan fingerprint density at radius 1 is 1.15 bits per heavy atom. The molecule has 3 N–H and O–H groups in total. The van der Waals surface area contributed by atoms with Crippen molar-refractivity contribution in [1.82, 2.24) is 10.3 Å². The molecule has 0 aliphatic rings. The number of aromatic nitrogens is 1. The standard InChI is InChI=1S/C26H24BrClN2O4/c1-33-24-11-16(10-20(27)25(24)34-15-17-6-2-4-8-21(17)28)13-29-23(26(31)32)12-18-14-30-22-9-5-3-7-19(18)22/h2-11,14,23,29-30H,12-13,15H2,1H3,(H,31,32)/t23-/m1/s1. The Bertz CT molecular complexity index is 1310. The molecule has 0 radical (unpaired) electrons. The van der Waals surface area contributed by atoms with Gasteiger partial charge in [-0.25, -0.2) is 0 Å². The van der Waals surface area contributed by atoms with Crippen LogP contribution in [-0.2, 0) is 24.4 Å². The lowest BCUT2D eigenvalue weighted by Crippen LogP contribution is -2.38.